The Morgan fingerprint density at radius 3 is 3.15 bits per heavy atom. The van der Waals surface area contributed by atoms with Crippen LogP contribution >= 0.6 is 11.5 Å². The number of ether oxygens (including phenoxy) is 1. The lowest BCUT2D eigenvalue weighted by atomic mass is 10.3. The zero-order valence-corrected chi connectivity index (χ0v) is 12.0. The number of nitrogens with zero attached hydrogens (tertiary/aromatic N) is 3. The normalized spacial score (nSPS) is 10.4. The number of nitrogen functional groups attached to an aromatic ring is 1. The molecular weight excluding hydrogens is 278 g/mol. The average molecular weight is 295 g/mol. The molecule has 0 radical (unpaired) electrons. The second-order valence-corrected chi connectivity index (χ2v) is 4.85. The number of nitrogens with one attached hydrogen (secondary N) is 1. The van der Waals surface area contributed by atoms with E-state index in [9.17, 15) is 4.79 Å². The van der Waals surface area contributed by atoms with E-state index in [0.29, 0.717) is 23.7 Å². The summed E-state index contributed by atoms with van der Waals surface area (Å²) in [4.78, 5) is 15.8. The van der Waals surface area contributed by atoms with Crippen molar-refractivity contribution in [2.75, 3.05) is 24.2 Å². The highest BCUT2D eigenvalue weighted by atomic mass is 32.1. The quantitative estimate of drug-likeness (QED) is 0.595. The summed E-state index contributed by atoms with van der Waals surface area (Å²) >= 11 is 1.17. The zero-order chi connectivity index (χ0) is 14.4. The Labute approximate surface area is 120 Å². The van der Waals surface area contributed by atoms with Gasteiger partial charge >= 0.3 is 5.97 Å². The van der Waals surface area contributed by atoms with Crippen LogP contribution in [0.15, 0.2) is 18.7 Å². The van der Waals surface area contributed by atoms with E-state index in [1.54, 1.807) is 19.4 Å². The first kappa shape index (κ1) is 14.3. The largest absolute Gasteiger partial charge is 0.462 e. The predicted octanol–water partition coefficient (Wildman–Crippen LogP) is 1.60. The van der Waals surface area contributed by atoms with E-state index in [2.05, 4.69) is 14.7 Å². The number of aryl methyl sites for hydroxylation is 1. The van der Waals surface area contributed by atoms with Crippen LogP contribution < -0.4 is 11.1 Å². The summed E-state index contributed by atoms with van der Waals surface area (Å²) in [5, 5.41) is 3.84. The highest BCUT2D eigenvalue weighted by molar-refractivity contribution is 7.11. The molecular formula is C12H17N5O2S. The molecule has 2 aromatic heterocycles. The Kier molecular flexibility index (Phi) is 4.94. The minimum atomic E-state index is -0.434. The van der Waals surface area contributed by atoms with Gasteiger partial charge in [0.25, 0.3) is 0 Å². The number of anilines is 2. The first-order chi connectivity index (χ1) is 9.72. The smallest absolute Gasteiger partial charge is 0.344 e. The molecule has 0 unspecified atom stereocenters. The molecule has 8 heteroatoms. The molecule has 108 valence electrons. The van der Waals surface area contributed by atoms with E-state index in [0.717, 1.165) is 13.0 Å². The second kappa shape index (κ2) is 6.90. The molecule has 2 rings (SSSR count). The Morgan fingerprint density at radius 1 is 1.60 bits per heavy atom. The van der Waals surface area contributed by atoms with Crippen molar-refractivity contribution in [2.45, 2.75) is 19.9 Å². The lowest BCUT2D eigenvalue weighted by Crippen LogP contribution is -2.11. The fourth-order valence-corrected chi connectivity index (χ4v) is 2.43. The number of carbonyl (C=O) groups is 1. The molecule has 2 aromatic rings. The highest BCUT2D eigenvalue weighted by Gasteiger charge is 2.20. The van der Waals surface area contributed by atoms with Crippen LogP contribution in [0.2, 0.25) is 0 Å². The topological polar surface area (TPSA) is 95.1 Å². The second-order valence-electron chi connectivity index (χ2n) is 4.07. The summed E-state index contributed by atoms with van der Waals surface area (Å²) < 4.78 is 11.0. The SMILES string of the molecule is CCOC(=O)c1c(N)nsc1NCCCn1ccnc1. The van der Waals surface area contributed by atoms with E-state index >= 15 is 0 Å². The van der Waals surface area contributed by atoms with E-state index < -0.39 is 5.97 Å². The third-order valence-electron chi connectivity index (χ3n) is 2.64. The van der Waals surface area contributed by atoms with Gasteiger partial charge < -0.3 is 20.4 Å². The van der Waals surface area contributed by atoms with Crippen LogP contribution in [-0.2, 0) is 11.3 Å². The van der Waals surface area contributed by atoms with Crippen LogP contribution in [0.25, 0.3) is 0 Å². The fraction of sp³-hybridized carbons (Fsp3) is 0.417. The molecule has 0 bridgehead atoms. The van der Waals surface area contributed by atoms with Gasteiger partial charge in [-0.2, -0.15) is 4.37 Å². The third-order valence-corrected chi connectivity index (χ3v) is 3.45. The maximum atomic E-state index is 11.8. The van der Waals surface area contributed by atoms with Gasteiger partial charge in [0, 0.05) is 25.5 Å². The molecule has 0 atom stereocenters. The van der Waals surface area contributed by atoms with Gasteiger partial charge in [-0.1, -0.05) is 0 Å². The van der Waals surface area contributed by atoms with Crippen LogP contribution in [0.3, 0.4) is 0 Å². The number of imidazole rings is 1. The van der Waals surface area contributed by atoms with Gasteiger partial charge in [-0.3, -0.25) is 0 Å². The summed E-state index contributed by atoms with van der Waals surface area (Å²) in [6.07, 6.45) is 6.33. The molecule has 0 aliphatic rings. The molecule has 0 aliphatic heterocycles. The van der Waals surface area contributed by atoms with Crippen molar-refractivity contribution < 1.29 is 9.53 Å². The molecule has 20 heavy (non-hydrogen) atoms. The van der Waals surface area contributed by atoms with Crippen LogP contribution in [0.4, 0.5) is 10.8 Å². The molecule has 0 amide bonds. The molecule has 0 saturated carbocycles. The number of aromatic nitrogens is 3. The summed E-state index contributed by atoms with van der Waals surface area (Å²) in [7, 11) is 0. The number of hydrogen-bond donors (Lipinski definition) is 2. The van der Waals surface area contributed by atoms with Crippen molar-refractivity contribution in [3.05, 3.63) is 24.3 Å². The summed E-state index contributed by atoms with van der Waals surface area (Å²) in [6.45, 7) is 3.64. The molecule has 0 saturated heterocycles. The summed E-state index contributed by atoms with van der Waals surface area (Å²) in [5.74, 6) is -0.221. The first-order valence-electron chi connectivity index (χ1n) is 6.34. The van der Waals surface area contributed by atoms with Crippen molar-refractivity contribution in [2.24, 2.45) is 0 Å². The summed E-state index contributed by atoms with van der Waals surface area (Å²) in [5.41, 5.74) is 6.03. The van der Waals surface area contributed by atoms with Crippen molar-refractivity contribution in [1.82, 2.24) is 13.9 Å². The molecule has 0 spiro atoms. The minimum absolute atomic E-state index is 0.213. The van der Waals surface area contributed by atoms with Gasteiger partial charge in [0.15, 0.2) is 5.82 Å². The van der Waals surface area contributed by atoms with Crippen molar-refractivity contribution >= 4 is 28.3 Å². The van der Waals surface area contributed by atoms with Gasteiger partial charge in [0.2, 0.25) is 0 Å². The maximum absolute atomic E-state index is 11.8. The lowest BCUT2D eigenvalue weighted by molar-refractivity contribution is 0.0529. The van der Waals surface area contributed by atoms with E-state index in [4.69, 9.17) is 10.5 Å². The Morgan fingerprint density at radius 2 is 2.45 bits per heavy atom. The molecule has 0 fully saturated rings. The third kappa shape index (κ3) is 3.47. The zero-order valence-electron chi connectivity index (χ0n) is 11.2. The minimum Gasteiger partial charge on any atom is -0.462 e. The fourth-order valence-electron chi connectivity index (χ4n) is 1.71. The Bertz CT molecular complexity index is 552. The number of hydrogen-bond acceptors (Lipinski definition) is 7. The van der Waals surface area contributed by atoms with E-state index in [1.807, 2.05) is 10.8 Å². The number of nitrogens with two attached hydrogens (primary N) is 1. The van der Waals surface area contributed by atoms with Crippen molar-refractivity contribution in [3.63, 3.8) is 0 Å². The predicted molar refractivity (Wildman–Crippen MR) is 77.8 cm³/mol. The average Bonchev–Trinajstić information content (AvgIpc) is 3.05. The monoisotopic (exact) mass is 295 g/mol. The van der Waals surface area contributed by atoms with Gasteiger partial charge in [-0.15, -0.1) is 0 Å². The van der Waals surface area contributed by atoms with Gasteiger partial charge in [-0.05, 0) is 24.9 Å². The van der Waals surface area contributed by atoms with Gasteiger partial charge in [0.1, 0.15) is 10.6 Å². The Balaban J connectivity index is 1.88. The van der Waals surface area contributed by atoms with Gasteiger partial charge in [-0.25, -0.2) is 9.78 Å². The lowest BCUT2D eigenvalue weighted by Gasteiger charge is -2.07. The van der Waals surface area contributed by atoms with Crippen LogP contribution in [0, 0.1) is 0 Å². The molecule has 7 nitrogen and oxygen atoms in total. The van der Waals surface area contributed by atoms with Crippen LogP contribution in [-0.4, -0.2) is 33.0 Å². The van der Waals surface area contributed by atoms with E-state index in [1.165, 1.54) is 11.5 Å². The van der Waals surface area contributed by atoms with Crippen LogP contribution in [0.1, 0.15) is 23.7 Å². The number of carbonyl (C=O) groups excluding carboxylic acids is 1. The standard InChI is InChI=1S/C12H17N5O2S/c1-2-19-12(18)9-10(13)16-20-11(9)15-4-3-6-17-7-5-14-8-17/h5,7-8,15H,2-4,6H2,1H3,(H2,13,16). The molecule has 0 aliphatic carbocycles. The highest BCUT2D eigenvalue weighted by Crippen LogP contribution is 2.27. The van der Waals surface area contributed by atoms with E-state index in [-0.39, 0.29) is 5.82 Å². The van der Waals surface area contributed by atoms with Gasteiger partial charge in [0.05, 0.1) is 12.9 Å². The van der Waals surface area contributed by atoms with Crippen LogP contribution in [0.5, 0.6) is 0 Å². The van der Waals surface area contributed by atoms with Crippen molar-refractivity contribution in [3.8, 4) is 0 Å². The van der Waals surface area contributed by atoms with Crippen molar-refractivity contribution in [1.29, 1.82) is 0 Å². The number of esters is 1. The maximum Gasteiger partial charge on any atom is 0.344 e. The molecule has 2 heterocycles. The summed E-state index contributed by atoms with van der Waals surface area (Å²) in [6, 6.07) is 0. The Hall–Kier alpha value is -2.09. The molecule has 0 aromatic carbocycles. The molecule has 3 N–H and O–H groups in total. The first-order valence-corrected chi connectivity index (χ1v) is 7.11. The number of rotatable bonds is 7.